The minimum absolute atomic E-state index is 0.0835. The van der Waals surface area contributed by atoms with Crippen LogP contribution in [-0.4, -0.2) is 17.0 Å². The molecule has 0 aliphatic heterocycles. The van der Waals surface area contributed by atoms with Crippen LogP contribution in [0.25, 0.3) is 0 Å². The number of rotatable bonds is 6. The van der Waals surface area contributed by atoms with Crippen molar-refractivity contribution < 1.29 is 14.7 Å². The van der Waals surface area contributed by atoms with Crippen LogP contribution in [0, 0.1) is 0 Å². The predicted molar refractivity (Wildman–Crippen MR) is 93.4 cm³/mol. The number of aliphatic carboxylic acids is 1. The van der Waals surface area contributed by atoms with E-state index in [1.165, 1.54) is 11.3 Å². The molecule has 0 unspecified atom stereocenters. The summed E-state index contributed by atoms with van der Waals surface area (Å²) in [5, 5.41) is 12.0. The van der Waals surface area contributed by atoms with Gasteiger partial charge in [-0.2, -0.15) is 0 Å². The zero-order chi connectivity index (χ0) is 17.0. The molecule has 1 amide bonds. The molecule has 6 heteroatoms. The number of anilines is 1. The zero-order valence-electron chi connectivity index (χ0n) is 12.9. The molecule has 0 bridgehead atoms. The fourth-order valence-electron chi connectivity index (χ4n) is 2.04. The van der Waals surface area contributed by atoms with Crippen molar-refractivity contribution in [1.82, 2.24) is 0 Å². The Labute approximate surface area is 144 Å². The molecule has 1 aromatic carbocycles. The summed E-state index contributed by atoms with van der Waals surface area (Å²) in [7, 11) is 0. The van der Waals surface area contributed by atoms with Gasteiger partial charge in [0.1, 0.15) is 0 Å². The van der Waals surface area contributed by atoms with Gasteiger partial charge in [0.2, 0.25) is 5.91 Å². The van der Waals surface area contributed by atoms with Gasteiger partial charge in [0.15, 0.2) is 0 Å². The summed E-state index contributed by atoms with van der Waals surface area (Å²) in [4.78, 5) is 24.2. The zero-order valence-corrected chi connectivity index (χ0v) is 14.5. The Morgan fingerprint density at radius 2 is 1.83 bits per heavy atom. The number of halogens is 1. The highest BCUT2D eigenvalue weighted by Crippen LogP contribution is 2.25. The van der Waals surface area contributed by atoms with Gasteiger partial charge in [0, 0.05) is 17.0 Å². The first kappa shape index (κ1) is 17.5. The molecule has 0 atom stereocenters. The largest absolute Gasteiger partial charge is 0.481 e. The van der Waals surface area contributed by atoms with Crippen molar-refractivity contribution in [1.29, 1.82) is 0 Å². The first-order valence-electron chi connectivity index (χ1n) is 7.17. The van der Waals surface area contributed by atoms with E-state index in [1.807, 2.05) is 12.1 Å². The second-order valence-electron chi connectivity index (χ2n) is 5.76. The van der Waals surface area contributed by atoms with Crippen LogP contribution < -0.4 is 5.32 Å². The van der Waals surface area contributed by atoms with Gasteiger partial charge >= 0.3 is 5.97 Å². The molecule has 0 aliphatic rings. The minimum Gasteiger partial charge on any atom is -0.481 e. The predicted octanol–water partition coefficient (Wildman–Crippen LogP) is 4.34. The summed E-state index contributed by atoms with van der Waals surface area (Å²) in [6, 6.07) is 10.6. The monoisotopic (exact) mass is 351 g/mol. The topological polar surface area (TPSA) is 66.4 Å². The van der Waals surface area contributed by atoms with Crippen molar-refractivity contribution in [2.75, 3.05) is 5.32 Å². The molecular formula is C17H18ClNO3S. The van der Waals surface area contributed by atoms with Crippen LogP contribution in [0.15, 0.2) is 36.4 Å². The Hall–Kier alpha value is -1.85. The molecule has 4 nitrogen and oxygen atoms in total. The third-order valence-electron chi connectivity index (χ3n) is 3.65. The van der Waals surface area contributed by atoms with Gasteiger partial charge in [-0.15, -0.1) is 11.3 Å². The number of benzene rings is 1. The lowest BCUT2D eigenvalue weighted by Crippen LogP contribution is -2.28. The van der Waals surface area contributed by atoms with Crippen molar-refractivity contribution in [3.8, 4) is 0 Å². The second-order valence-corrected chi connectivity index (χ2v) is 7.56. The molecule has 2 aromatic rings. The minimum atomic E-state index is -0.957. The van der Waals surface area contributed by atoms with E-state index < -0.39 is 11.4 Å². The third kappa shape index (κ3) is 4.56. The molecule has 0 aliphatic carbocycles. The molecule has 2 N–H and O–H groups in total. The average Bonchev–Trinajstić information content (AvgIpc) is 2.91. The van der Waals surface area contributed by atoms with Crippen LogP contribution in [-0.2, 0) is 21.4 Å². The Kier molecular flexibility index (Phi) is 5.44. The molecular weight excluding hydrogens is 334 g/mol. The van der Waals surface area contributed by atoms with Gasteiger partial charge in [0.25, 0.3) is 0 Å². The molecule has 0 saturated carbocycles. The van der Waals surface area contributed by atoms with E-state index >= 15 is 0 Å². The van der Waals surface area contributed by atoms with Crippen LogP contribution in [0.5, 0.6) is 0 Å². The normalized spacial score (nSPS) is 11.3. The number of nitrogens with one attached hydrogen (secondary N) is 1. The summed E-state index contributed by atoms with van der Waals surface area (Å²) in [6.07, 6.45) is 1.02. The number of carbonyl (C=O) groups excluding carboxylic acids is 1. The molecule has 1 aromatic heterocycles. The lowest BCUT2D eigenvalue weighted by atomic mass is 9.85. The highest BCUT2D eigenvalue weighted by atomic mass is 35.5. The van der Waals surface area contributed by atoms with Gasteiger partial charge in [-0.05, 0) is 50.1 Å². The highest BCUT2D eigenvalue weighted by molar-refractivity contribution is 7.16. The standard InChI is InChI=1S/C17H18ClNO3S/c1-17(2,16(21)22)11-3-5-12(6-4-11)19-15(20)10-8-13-7-9-14(18)23-13/h3-7,9H,8,10H2,1-2H3,(H,19,20)(H,21,22). The second kappa shape index (κ2) is 7.15. The average molecular weight is 352 g/mol. The maximum absolute atomic E-state index is 11.9. The third-order valence-corrected chi connectivity index (χ3v) is 4.94. The molecule has 23 heavy (non-hydrogen) atoms. The highest BCUT2D eigenvalue weighted by Gasteiger charge is 2.29. The summed E-state index contributed by atoms with van der Waals surface area (Å²) < 4.78 is 0.719. The van der Waals surface area contributed by atoms with Gasteiger partial charge in [0.05, 0.1) is 9.75 Å². The van der Waals surface area contributed by atoms with Crippen LogP contribution in [0.3, 0.4) is 0 Å². The number of carboxylic acid groups (broad SMARTS) is 1. The van der Waals surface area contributed by atoms with Gasteiger partial charge in [-0.3, -0.25) is 9.59 Å². The fourth-order valence-corrected chi connectivity index (χ4v) is 3.13. The first-order chi connectivity index (χ1) is 10.8. The molecule has 0 radical (unpaired) electrons. The summed E-state index contributed by atoms with van der Waals surface area (Å²) in [5.41, 5.74) is 0.390. The number of carbonyl (C=O) groups is 2. The number of aryl methyl sites for hydroxylation is 1. The Balaban J connectivity index is 1.92. The molecule has 0 spiro atoms. The van der Waals surface area contributed by atoms with E-state index in [0.29, 0.717) is 24.1 Å². The van der Waals surface area contributed by atoms with Crippen LogP contribution in [0.2, 0.25) is 4.34 Å². The number of amides is 1. The maximum atomic E-state index is 11.9. The molecule has 2 rings (SSSR count). The van der Waals surface area contributed by atoms with E-state index in [2.05, 4.69) is 5.32 Å². The van der Waals surface area contributed by atoms with E-state index in [0.717, 1.165) is 9.21 Å². The summed E-state index contributed by atoms with van der Waals surface area (Å²) in [6.45, 7) is 3.30. The van der Waals surface area contributed by atoms with E-state index in [-0.39, 0.29) is 5.91 Å². The molecule has 0 saturated heterocycles. The summed E-state index contributed by atoms with van der Waals surface area (Å²) in [5.74, 6) is -0.969. The Bertz CT molecular complexity index is 707. The van der Waals surface area contributed by atoms with Gasteiger partial charge < -0.3 is 10.4 Å². The van der Waals surface area contributed by atoms with Crippen LogP contribution in [0.4, 0.5) is 5.69 Å². The molecule has 1 heterocycles. The molecule has 0 fully saturated rings. The molecule has 122 valence electrons. The van der Waals surface area contributed by atoms with Crippen molar-refractivity contribution in [2.45, 2.75) is 32.1 Å². The number of thiophene rings is 1. The van der Waals surface area contributed by atoms with Crippen molar-refractivity contribution in [3.63, 3.8) is 0 Å². The van der Waals surface area contributed by atoms with E-state index in [4.69, 9.17) is 11.6 Å². The van der Waals surface area contributed by atoms with Gasteiger partial charge in [-0.1, -0.05) is 23.7 Å². The van der Waals surface area contributed by atoms with Crippen LogP contribution in [0.1, 0.15) is 30.7 Å². The smallest absolute Gasteiger partial charge is 0.313 e. The number of hydrogen-bond donors (Lipinski definition) is 2. The lowest BCUT2D eigenvalue weighted by molar-refractivity contribution is -0.142. The van der Waals surface area contributed by atoms with Crippen LogP contribution >= 0.6 is 22.9 Å². The van der Waals surface area contributed by atoms with Crippen molar-refractivity contribution in [2.24, 2.45) is 0 Å². The quantitative estimate of drug-likeness (QED) is 0.813. The Morgan fingerprint density at radius 3 is 2.35 bits per heavy atom. The SMILES string of the molecule is CC(C)(C(=O)O)c1ccc(NC(=O)CCc2ccc(Cl)s2)cc1. The maximum Gasteiger partial charge on any atom is 0.313 e. The van der Waals surface area contributed by atoms with Crippen molar-refractivity contribution in [3.05, 3.63) is 51.2 Å². The summed E-state index contributed by atoms with van der Waals surface area (Å²) >= 11 is 7.33. The number of carboxylic acids is 1. The fraction of sp³-hybridized carbons (Fsp3) is 0.294. The van der Waals surface area contributed by atoms with Gasteiger partial charge in [-0.25, -0.2) is 0 Å². The van der Waals surface area contributed by atoms with Crippen molar-refractivity contribution >= 4 is 40.5 Å². The first-order valence-corrected chi connectivity index (χ1v) is 8.36. The van der Waals surface area contributed by atoms with E-state index in [1.54, 1.807) is 38.1 Å². The lowest BCUT2D eigenvalue weighted by Gasteiger charge is -2.19. The number of hydrogen-bond acceptors (Lipinski definition) is 3. The van der Waals surface area contributed by atoms with E-state index in [9.17, 15) is 14.7 Å². The Morgan fingerprint density at radius 1 is 1.17 bits per heavy atom.